The first-order valence-corrected chi connectivity index (χ1v) is 18.7. The van der Waals surface area contributed by atoms with Crippen LogP contribution >= 0.6 is 11.8 Å². The number of fused-ring (bicyclic) bond motifs is 3. The molecule has 6 rings (SSSR count). The number of nitrogens with one attached hydrogen (secondary N) is 4. The van der Waals surface area contributed by atoms with Crippen LogP contribution in [0.5, 0.6) is 11.5 Å². The highest BCUT2D eigenvalue weighted by atomic mass is 32.2. The van der Waals surface area contributed by atoms with Gasteiger partial charge < -0.3 is 40.0 Å². The van der Waals surface area contributed by atoms with Gasteiger partial charge in [-0.1, -0.05) is 23.9 Å². The first-order valence-electron chi connectivity index (χ1n) is 17.9. The number of hydrogen-bond donors (Lipinski definition) is 4. The molecule has 4 N–H and O–H groups in total. The van der Waals surface area contributed by atoms with Gasteiger partial charge in [-0.05, 0) is 89.4 Å². The minimum absolute atomic E-state index is 0.0853. The van der Waals surface area contributed by atoms with Crippen LogP contribution < -0.4 is 20.7 Å². The van der Waals surface area contributed by atoms with Crippen LogP contribution in [0.2, 0.25) is 0 Å². The molecule has 4 heterocycles. The van der Waals surface area contributed by atoms with Crippen LogP contribution in [-0.4, -0.2) is 83.2 Å². The second kappa shape index (κ2) is 16.7. The zero-order valence-corrected chi connectivity index (χ0v) is 31.2. The highest BCUT2D eigenvalue weighted by Crippen LogP contribution is 2.47. The third kappa shape index (κ3) is 9.87. The number of carbonyl (C=O) groups excluding carboxylic acids is 4. The molecule has 4 amide bonds. The normalized spacial score (nSPS) is 16.9. The molecule has 2 aliphatic rings. The van der Waals surface area contributed by atoms with Gasteiger partial charge in [-0.3, -0.25) is 19.4 Å². The molecule has 0 radical (unpaired) electrons. The lowest BCUT2D eigenvalue weighted by molar-refractivity contribution is -0.138. The van der Waals surface area contributed by atoms with Crippen molar-refractivity contribution in [3.63, 3.8) is 0 Å². The van der Waals surface area contributed by atoms with E-state index in [4.69, 9.17) is 14.2 Å². The van der Waals surface area contributed by atoms with Crippen LogP contribution in [0.25, 0.3) is 10.9 Å². The van der Waals surface area contributed by atoms with Crippen molar-refractivity contribution in [1.82, 2.24) is 30.8 Å². The molecule has 4 aromatic rings. The summed E-state index contributed by atoms with van der Waals surface area (Å²) in [5.74, 6) is 0.147. The fourth-order valence-corrected chi connectivity index (χ4v) is 7.23. The quantitative estimate of drug-likeness (QED) is 0.107. The van der Waals surface area contributed by atoms with Gasteiger partial charge in [0, 0.05) is 60.2 Å². The predicted molar refractivity (Wildman–Crippen MR) is 200 cm³/mol. The van der Waals surface area contributed by atoms with Crippen molar-refractivity contribution in [3.05, 3.63) is 78.2 Å². The maximum Gasteiger partial charge on any atom is 0.407 e. The van der Waals surface area contributed by atoms with E-state index in [9.17, 15) is 19.2 Å². The van der Waals surface area contributed by atoms with Crippen molar-refractivity contribution in [2.45, 2.75) is 74.4 Å². The molecule has 2 aliphatic heterocycles. The summed E-state index contributed by atoms with van der Waals surface area (Å²) in [6.45, 7) is 8.65. The molecule has 1 saturated heterocycles. The average Bonchev–Trinajstić information content (AvgIpc) is 3.77. The van der Waals surface area contributed by atoms with Crippen molar-refractivity contribution in [1.29, 1.82) is 0 Å². The van der Waals surface area contributed by atoms with E-state index in [1.807, 2.05) is 70.2 Å². The topological polar surface area (TPSA) is 164 Å². The van der Waals surface area contributed by atoms with E-state index in [2.05, 4.69) is 25.9 Å². The number of benzene rings is 2. The molecule has 1 unspecified atom stereocenters. The van der Waals surface area contributed by atoms with Crippen LogP contribution in [0.15, 0.2) is 76.8 Å². The number of ether oxygens (including phenoxy) is 3. The van der Waals surface area contributed by atoms with E-state index >= 15 is 0 Å². The summed E-state index contributed by atoms with van der Waals surface area (Å²) in [6.07, 6.45) is 4.85. The molecule has 0 saturated carbocycles. The second-order valence-corrected chi connectivity index (χ2v) is 15.4. The number of aromatic nitrogens is 2. The summed E-state index contributed by atoms with van der Waals surface area (Å²) in [5.41, 5.74) is 1.54. The molecule has 13 nitrogen and oxygen atoms in total. The molecule has 14 heteroatoms. The number of H-pyrrole nitrogens is 1. The number of carbonyl (C=O) groups is 4. The van der Waals surface area contributed by atoms with E-state index in [0.29, 0.717) is 50.5 Å². The Morgan fingerprint density at radius 1 is 1.04 bits per heavy atom. The predicted octanol–water partition coefficient (Wildman–Crippen LogP) is 5.97. The first kappa shape index (κ1) is 37.7. The van der Waals surface area contributed by atoms with Crippen LogP contribution in [0.3, 0.4) is 0 Å². The first-order chi connectivity index (χ1) is 25.4. The number of rotatable bonds is 13. The number of hydrogen-bond acceptors (Lipinski definition) is 9. The number of amides is 4. The zero-order valence-electron chi connectivity index (χ0n) is 30.4. The zero-order chi connectivity index (χ0) is 37.5. The largest absolute Gasteiger partial charge is 0.455 e. The molecule has 1 fully saturated rings. The molecule has 280 valence electrons. The van der Waals surface area contributed by atoms with E-state index in [1.165, 1.54) is 0 Å². The van der Waals surface area contributed by atoms with Gasteiger partial charge in [0.15, 0.2) is 0 Å². The number of para-hydroxylation sites is 1. The summed E-state index contributed by atoms with van der Waals surface area (Å²) in [6, 6.07) is 15.6. The number of alkyl carbamates (subject to hydrolysis) is 1. The summed E-state index contributed by atoms with van der Waals surface area (Å²) in [5, 5.41) is 9.49. The Kier molecular flexibility index (Phi) is 11.9. The maximum atomic E-state index is 13.8. The van der Waals surface area contributed by atoms with Gasteiger partial charge in [-0.2, -0.15) is 0 Å². The van der Waals surface area contributed by atoms with Crippen LogP contribution in [0, 0.1) is 5.92 Å². The number of nitrogens with zero attached hydrogens (tertiary/aromatic N) is 2. The summed E-state index contributed by atoms with van der Waals surface area (Å²) in [7, 11) is 0. The third-order valence-corrected chi connectivity index (χ3v) is 10.0. The van der Waals surface area contributed by atoms with Gasteiger partial charge in [-0.25, -0.2) is 4.79 Å². The monoisotopic (exact) mass is 742 g/mol. The van der Waals surface area contributed by atoms with Gasteiger partial charge in [0.05, 0.1) is 29.0 Å². The van der Waals surface area contributed by atoms with Crippen molar-refractivity contribution in [2.75, 3.05) is 32.8 Å². The van der Waals surface area contributed by atoms with Crippen molar-refractivity contribution < 1.29 is 33.4 Å². The summed E-state index contributed by atoms with van der Waals surface area (Å²) < 4.78 is 17.3. The van der Waals surface area contributed by atoms with Crippen LogP contribution in [0.4, 0.5) is 4.79 Å². The van der Waals surface area contributed by atoms with Crippen LogP contribution in [0.1, 0.15) is 69.1 Å². The van der Waals surface area contributed by atoms with Gasteiger partial charge in [0.2, 0.25) is 11.8 Å². The number of likely N-dealkylation sites (tertiary alicyclic amines) is 1. The molecule has 0 aliphatic carbocycles. The summed E-state index contributed by atoms with van der Waals surface area (Å²) in [4.78, 5) is 63.4. The van der Waals surface area contributed by atoms with E-state index in [0.717, 1.165) is 38.6 Å². The Balaban J connectivity index is 1.04. The minimum Gasteiger partial charge on any atom is -0.455 e. The molecule has 53 heavy (non-hydrogen) atoms. The molecule has 0 spiro atoms. The standard InChI is InChI=1S/C39H46N6O7S/c1-24(29-18-27-20-40-15-13-28(27)44-29)43-37(48)30-17-25(23-50-16-8-7-14-41-38(49)52-39(2,3)4)22-45(30)35(46)21-42-36(47)26-11-12-34-32(19-26)51-31-9-5-6-10-33(31)53-34/h5-6,9-13,15,18-20,24-25,30,44H,7-8,14,16-17,21-23H2,1-4H3,(H,41,49)(H,42,47)(H,43,48)/t24-,25?,30+/m1/s1. The minimum atomic E-state index is -0.742. The lowest BCUT2D eigenvalue weighted by Gasteiger charge is -2.25. The smallest absolute Gasteiger partial charge is 0.407 e. The Morgan fingerprint density at radius 2 is 1.85 bits per heavy atom. The number of unbranched alkanes of at least 4 members (excludes halogenated alkanes) is 1. The van der Waals surface area contributed by atoms with Gasteiger partial charge >= 0.3 is 6.09 Å². The maximum absolute atomic E-state index is 13.8. The van der Waals surface area contributed by atoms with Crippen molar-refractivity contribution in [3.8, 4) is 11.5 Å². The highest BCUT2D eigenvalue weighted by molar-refractivity contribution is 7.99. The number of pyridine rings is 1. The van der Waals surface area contributed by atoms with E-state index < -0.39 is 23.6 Å². The molecule has 0 bridgehead atoms. The second-order valence-electron chi connectivity index (χ2n) is 14.3. The van der Waals surface area contributed by atoms with Gasteiger partial charge in [-0.15, -0.1) is 0 Å². The van der Waals surface area contributed by atoms with Crippen molar-refractivity contribution >= 4 is 46.5 Å². The SMILES string of the molecule is C[C@@H](NC(=O)[C@@H]1CC(COCCCCNC(=O)OC(C)(C)C)CN1C(=O)CNC(=O)c1ccc2c(c1)Oc1ccccc1S2)c1cc2cnccc2[nH]1. The Hall–Kier alpha value is -5.08. The summed E-state index contributed by atoms with van der Waals surface area (Å²) >= 11 is 1.57. The van der Waals surface area contributed by atoms with Crippen molar-refractivity contribution in [2.24, 2.45) is 5.92 Å². The van der Waals surface area contributed by atoms with Crippen LogP contribution in [-0.2, 0) is 19.1 Å². The Morgan fingerprint density at radius 3 is 2.66 bits per heavy atom. The highest BCUT2D eigenvalue weighted by Gasteiger charge is 2.40. The molecule has 2 aromatic heterocycles. The molecule has 2 aromatic carbocycles. The molecule has 3 atom stereocenters. The Bertz CT molecular complexity index is 1930. The van der Waals surface area contributed by atoms with Gasteiger partial charge in [0.25, 0.3) is 5.91 Å². The number of aromatic amines is 1. The lowest BCUT2D eigenvalue weighted by atomic mass is 10.1. The molecular formula is C39H46N6O7S. The Labute approximate surface area is 312 Å². The average molecular weight is 743 g/mol. The molecular weight excluding hydrogens is 697 g/mol. The van der Waals surface area contributed by atoms with E-state index in [-0.39, 0.29) is 30.3 Å². The fourth-order valence-electron chi connectivity index (χ4n) is 6.30. The lowest BCUT2D eigenvalue weighted by Crippen LogP contribution is -2.49. The van der Waals surface area contributed by atoms with E-state index in [1.54, 1.807) is 41.2 Å². The third-order valence-electron chi connectivity index (χ3n) is 8.91. The fraction of sp³-hybridized carbons (Fsp3) is 0.410. The van der Waals surface area contributed by atoms with Gasteiger partial charge in [0.1, 0.15) is 23.1 Å².